The number of nitrogens with one attached hydrogen (secondary N) is 1. The molecule has 1 aromatic carbocycles. The average Bonchev–Trinajstić information content (AvgIpc) is 3.59. The van der Waals surface area contributed by atoms with Crippen LogP contribution in [0.15, 0.2) is 35.5 Å². The molecule has 5 nitrogen and oxygen atoms in total. The summed E-state index contributed by atoms with van der Waals surface area (Å²) in [5.41, 5.74) is 1.17. The van der Waals surface area contributed by atoms with Crippen LogP contribution in [-0.4, -0.2) is 26.4 Å². The molecule has 0 bridgehead atoms. The van der Waals surface area contributed by atoms with E-state index in [0.29, 0.717) is 17.7 Å². The molecule has 1 atom stereocenters. The monoisotopic (exact) mass is 370 g/mol. The summed E-state index contributed by atoms with van der Waals surface area (Å²) < 4.78 is 2.30. The van der Waals surface area contributed by atoms with E-state index in [4.69, 9.17) is 0 Å². The number of amides is 1. The number of carbonyl (C=O) groups excluding carboxylic acids is 1. The van der Waals surface area contributed by atoms with Crippen LogP contribution in [0.5, 0.6) is 0 Å². The van der Waals surface area contributed by atoms with Crippen LogP contribution in [0.3, 0.4) is 0 Å². The van der Waals surface area contributed by atoms with Crippen molar-refractivity contribution in [1.29, 1.82) is 0 Å². The quantitative estimate of drug-likeness (QED) is 0.671. The topological polar surface area (TPSA) is 59.8 Å². The molecule has 0 spiro atoms. The third-order valence-electron chi connectivity index (χ3n) is 4.99. The summed E-state index contributed by atoms with van der Waals surface area (Å²) in [5, 5.41) is 12.9. The molecular weight excluding hydrogens is 344 g/mol. The van der Waals surface area contributed by atoms with Gasteiger partial charge in [0.05, 0.1) is 11.8 Å². The fraction of sp³-hybridized carbons (Fsp3) is 0.550. The molecule has 4 rings (SSSR count). The molecule has 0 radical (unpaired) electrons. The van der Waals surface area contributed by atoms with Crippen molar-refractivity contribution in [1.82, 2.24) is 20.1 Å². The number of carbonyl (C=O) groups is 1. The van der Waals surface area contributed by atoms with Gasteiger partial charge < -0.3 is 9.88 Å². The molecule has 0 unspecified atom stereocenters. The molecule has 0 aliphatic heterocycles. The van der Waals surface area contributed by atoms with Gasteiger partial charge in [-0.3, -0.25) is 4.79 Å². The summed E-state index contributed by atoms with van der Waals surface area (Å²) in [6, 6.07) is 10.9. The highest BCUT2D eigenvalue weighted by molar-refractivity contribution is 7.99. The highest BCUT2D eigenvalue weighted by atomic mass is 32.2. The Bertz CT molecular complexity index is 752. The SMILES string of the molecule is CCC[C@@H](NC(=O)CSc1nnc(C2CC2)n1C1CC1)c1ccccc1. The highest BCUT2D eigenvalue weighted by Gasteiger charge is 2.36. The maximum absolute atomic E-state index is 12.5. The fourth-order valence-electron chi connectivity index (χ4n) is 3.34. The Morgan fingerprint density at radius 3 is 2.65 bits per heavy atom. The van der Waals surface area contributed by atoms with Crippen LogP contribution in [0.2, 0.25) is 0 Å². The molecule has 1 aromatic heterocycles. The Morgan fingerprint density at radius 1 is 1.23 bits per heavy atom. The van der Waals surface area contributed by atoms with Gasteiger partial charge >= 0.3 is 0 Å². The molecule has 1 N–H and O–H groups in total. The number of benzene rings is 1. The second-order valence-electron chi connectivity index (χ2n) is 7.32. The zero-order valence-corrected chi connectivity index (χ0v) is 16.0. The van der Waals surface area contributed by atoms with Crippen LogP contribution < -0.4 is 5.32 Å². The van der Waals surface area contributed by atoms with Crippen molar-refractivity contribution >= 4 is 17.7 Å². The van der Waals surface area contributed by atoms with Crippen molar-refractivity contribution in [2.45, 2.75) is 68.6 Å². The minimum atomic E-state index is 0.0654. The van der Waals surface area contributed by atoms with Crippen molar-refractivity contribution in [3.8, 4) is 0 Å². The molecule has 6 heteroatoms. The van der Waals surface area contributed by atoms with Gasteiger partial charge in [0.25, 0.3) is 0 Å². The Morgan fingerprint density at radius 2 is 2.00 bits per heavy atom. The number of thioether (sulfide) groups is 1. The smallest absolute Gasteiger partial charge is 0.230 e. The first kappa shape index (κ1) is 17.6. The minimum absolute atomic E-state index is 0.0654. The second-order valence-corrected chi connectivity index (χ2v) is 8.27. The van der Waals surface area contributed by atoms with Gasteiger partial charge in [0.2, 0.25) is 5.91 Å². The van der Waals surface area contributed by atoms with Crippen LogP contribution in [0.4, 0.5) is 0 Å². The summed E-state index contributed by atoms with van der Waals surface area (Å²) in [7, 11) is 0. The zero-order valence-electron chi connectivity index (χ0n) is 15.2. The van der Waals surface area contributed by atoms with E-state index in [0.717, 1.165) is 23.8 Å². The van der Waals surface area contributed by atoms with E-state index < -0.39 is 0 Å². The van der Waals surface area contributed by atoms with Crippen LogP contribution in [0.1, 0.15) is 74.8 Å². The third kappa shape index (κ3) is 4.11. The van der Waals surface area contributed by atoms with E-state index in [1.165, 1.54) is 43.0 Å². The van der Waals surface area contributed by atoms with Gasteiger partial charge in [-0.15, -0.1) is 10.2 Å². The van der Waals surface area contributed by atoms with Gasteiger partial charge in [0, 0.05) is 12.0 Å². The summed E-state index contributed by atoms with van der Waals surface area (Å²) in [6.07, 6.45) is 6.87. The maximum atomic E-state index is 12.5. The van der Waals surface area contributed by atoms with Gasteiger partial charge in [-0.1, -0.05) is 55.4 Å². The van der Waals surface area contributed by atoms with Gasteiger partial charge in [-0.2, -0.15) is 0 Å². The van der Waals surface area contributed by atoms with E-state index in [9.17, 15) is 4.79 Å². The molecular formula is C20H26N4OS. The summed E-state index contributed by atoms with van der Waals surface area (Å²) in [5.74, 6) is 2.19. The Labute approximate surface area is 159 Å². The Hall–Kier alpha value is -1.82. The summed E-state index contributed by atoms with van der Waals surface area (Å²) >= 11 is 1.52. The molecule has 1 amide bonds. The van der Waals surface area contributed by atoms with Crippen LogP contribution in [0.25, 0.3) is 0 Å². The normalized spacial score (nSPS) is 17.9. The Kier molecular flexibility index (Phi) is 5.29. The number of hydrogen-bond donors (Lipinski definition) is 1. The minimum Gasteiger partial charge on any atom is -0.349 e. The lowest BCUT2D eigenvalue weighted by Crippen LogP contribution is -2.30. The molecule has 0 saturated heterocycles. The van der Waals surface area contributed by atoms with Crippen LogP contribution >= 0.6 is 11.8 Å². The van der Waals surface area contributed by atoms with Crippen LogP contribution in [0, 0.1) is 0 Å². The lowest BCUT2D eigenvalue weighted by molar-refractivity contribution is -0.119. The molecule has 2 aromatic rings. The Balaban J connectivity index is 1.38. The molecule has 26 heavy (non-hydrogen) atoms. The molecule has 2 fully saturated rings. The van der Waals surface area contributed by atoms with Crippen molar-refractivity contribution in [3.63, 3.8) is 0 Å². The first-order valence-corrected chi connectivity index (χ1v) is 10.7. The molecule has 1 heterocycles. The predicted molar refractivity (Wildman–Crippen MR) is 103 cm³/mol. The van der Waals surface area contributed by atoms with Crippen molar-refractivity contribution in [2.24, 2.45) is 0 Å². The van der Waals surface area contributed by atoms with E-state index >= 15 is 0 Å². The summed E-state index contributed by atoms with van der Waals surface area (Å²) in [4.78, 5) is 12.5. The first-order valence-electron chi connectivity index (χ1n) is 9.68. The second kappa shape index (κ2) is 7.82. The van der Waals surface area contributed by atoms with Crippen molar-refractivity contribution < 1.29 is 4.79 Å². The van der Waals surface area contributed by atoms with Crippen molar-refractivity contribution in [3.05, 3.63) is 41.7 Å². The van der Waals surface area contributed by atoms with E-state index in [2.05, 4.69) is 39.1 Å². The van der Waals surface area contributed by atoms with E-state index in [-0.39, 0.29) is 11.9 Å². The number of aromatic nitrogens is 3. The zero-order chi connectivity index (χ0) is 17.9. The van der Waals surface area contributed by atoms with Gasteiger partial charge in [-0.25, -0.2) is 0 Å². The molecule has 2 aliphatic carbocycles. The number of hydrogen-bond acceptors (Lipinski definition) is 4. The van der Waals surface area contributed by atoms with Gasteiger partial charge in [-0.05, 0) is 37.7 Å². The largest absolute Gasteiger partial charge is 0.349 e. The lowest BCUT2D eigenvalue weighted by Gasteiger charge is -2.18. The van der Waals surface area contributed by atoms with Gasteiger partial charge in [0.1, 0.15) is 5.82 Å². The predicted octanol–water partition coefficient (Wildman–Crippen LogP) is 4.24. The number of rotatable bonds is 9. The lowest BCUT2D eigenvalue weighted by atomic mass is 10.0. The van der Waals surface area contributed by atoms with E-state index in [1.807, 2.05) is 18.2 Å². The molecule has 2 aliphatic rings. The summed E-state index contributed by atoms with van der Waals surface area (Å²) in [6.45, 7) is 2.15. The third-order valence-corrected chi connectivity index (χ3v) is 5.94. The van der Waals surface area contributed by atoms with Crippen LogP contribution in [-0.2, 0) is 4.79 Å². The average molecular weight is 371 g/mol. The molecule has 138 valence electrons. The van der Waals surface area contributed by atoms with Crippen molar-refractivity contribution in [2.75, 3.05) is 5.75 Å². The molecule has 2 saturated carbocycles. The standard InChI is InChI=1S/C20H26N4OS/c1-2-6-17(14-7-4-3-5-8-14)21-18(25)13-26-20-23-22-19(15-9-10-15)24(20)16-11-12-16/h3-5,7-8,15-17H,2,6,9-13H2,1H3,(H,21,25)/t17-/m1/s1. The fourth-order valence-corrected chi connectivity index (χ4v) is 4.17. The highest BCUT2D eigenvalue weighted by Crippen LogP contribution is 2.45. The first-order chi connectivity index (χ1) is 12.8. The van der Waals surface area contributed by atoms with Gasteiger partial charge in [0.15, 0.2) is 5.16 Å². The number of nitrogens with zero attached hydrogens (tertiary/aromatic N) is 3. The maximum Gasteiger partial charge on any atom is 0.230 e. The van der Waals surface area contributed by atoms with E-state index in [1.54, 1.807) is 0 Å².